The lowest BCUT2D eigenvalue weighted by atomic mass is 10.1. The molecule has 0 saturated carbocycles. The smallest absolute Gasteiger partial charge is 0.416 e. The van der Waals surface area contributed by atoms with Crippen molar-refractivity contribution in [2.45, 2.75) is 101 Å². The number of carboxylic acids is 1. The minimum Gasteiger partial charge on any atom is -0.478 e. The molecule has 0 saturated heterocycles. The third-order valence-corrected chi connectivity index (χ3v) is 9.14. The Morgan fingerprint density at radius 2 is 1.80 bits per heavy atom. The molecule has 0 aliphatic carbocycles. The van der Waals surface area contributed by atoms with Crippen molar-refractivity contribution in [3.8, 4) is 0 Å². The Bertz CT molecular complexity index is 1060. The van der Waals surface area contributed by atoms with Gasteiger partial charge in [0.05, 0.1) is 17.7 Å². The van der Waals surface area contributed by atoms with Crippen molar-refractivity contribution in [2.75, 3.05) is 6.54 Å². The number of carbonyl (C=O) groups is 1. The van der Waals surface area contributed by atoms with Gasteiger partial charge in [-0.05, 0) is 61.0 Å². The number of aliphatic carboxylic acids is 1. The van der Waals surface area contributed by atoms with Gasteiger partial charge in [-0.2, -0.15) is 13.2 Å². The van der Waals surface area contributed by atoms with Crippen molar-refractivity contribution >= 4 is 29.1 Å². The maximum Gasteiger partial charge on any atom is 0.416 e. The zero-order chi connectivity index (χ0) is 30.1. The minimum atomic E-state index is -4.35. The molecule has 228 valence electrons. The zero-order valence-electron chi connectivity index (χ0n) is 24.2. The number of thiophene rings is 1. The van der Waals surface area contributed by atoms with E-state index in [1.165, 1.54) is 75.3 Å². The van der Waals surface area contributed by atoms with Crippen LogP contribution in [0.3, 0.4) is 0 Å². The van der Waals surface area contributed by atoms with E-state index in [1.807, 2.05) is 35.5 Å². The number of halogens is 3. The molecular formula is C32H45F3N2O2S2. The third-order valence-electron chi connectivity index (χ3n) is 6.80. The molecule has 4 nitrogen and oxygen atoms in total. The Kier molecular flexibility index (Phi) is 16.3. The van der Waals surface area contributed by atoms with Gasteiger partial charge in [0.2, 0.25) is 0 Å². The van der Waals surface area contributed by atoms with Crippen LogP contribution < -0.4 is 5.73 Å². The fraction of sp³-hybridized carbons (Fsp3) is 0.531. The first kappa shape index (κ1) is 35.0. The van der Waals surface area contributed by atoms with Crippen LogP contribution in [-0.2, 0) is 23.9 Å². The summed E-state index contributed by atoms with van der Waals surface area (Å²) in [4.78, 5) is 14.9. The molecule has 1 aromatic carbocycles. The van der Waals surface area contributed by atoms with E-state index in [9.17, 15) is 23.1 Å². The molecule has 1 aliphatic heterocycles. The van der Waals surface area contributed by atoms with Gasteiger partial charge in [0.1, 0.15) is 5.37 Å². The second-order valence-electron chi connectivity index (χ2n) is 10.3. The summed E-state index contributed by atoms with van der Waals surface area (Å²) in [5.74, 6) is -0.960. The first-order valence-electron chi connectivity index (χ1n) is 14.6. The fourth-order valence-electron chi connectivity index (χ4n) is 4.48. The van der Waals surface area contributed by atoms with Crippen molar-refractivity contribution in [3.63, 3.8) is 0 Å². The highest BCUT2D eigenvalue weighted by atomic mass is 32.2. The predicted molar refractivity (Wildman–Crippen MR) is 167 cm³/mol. The zero-order valence-corrected chi connectivity index (χ0v) is 25.9. The van der Waals surface area contributed by atoms with Crippen molar-refractivity contribution in [1.82, 2.24) is 4.90 Å². The quantitative estimate of drug-likeness (QED) is 0.186. The summed E-state index contributed by atoms with van der Waals surface area (Å²) < 4.78 is 38.7. The van der Waals surface area contributed by atoms with Crippen LogP contribution in [0.4, 0.5) is 13.2 Å². The van der Waals surface area contributed by atoms with Gasteiger partial charge in [-0.1, -0.05) is 83.1 Å². The largest absolute Gasteiger partial charge is 0.478 e. The van der Waals surface area contributed by atoms with E-state index in [-0.39, 0.29) is 10.6 Å². The first-order valence-corrected chi connectivity index (χ1v) is 16.4. The van der Waals surface area contributed by atoms with Crippen molar-refractivity contribution in [2.24, 2.45) is 5.73 Å². The second kappa shape index (κ2) is 19.1. The molecule has 0 spiro atoms. The van der Waals surface area contributed by atoms with Crippen LogP contribution in [0.1, 0.15) is 87.6 Å². The third kappa shape index (κ3) is 13.5. The van der Waals surface area contributed by atoms with E-state index in [2.05, 4.69) is 6.92 Å². The van der Waals surface area contributed by atoms with Gasteiger partial charge in [-0.25, -0.2) is 4.79 Å². The summed E-state index contributed by atoms with van der Waals surface area (Å²) in [6.45, 7) is 5.72. The lowest BCUT2D eigenvalue weighted by Gasteiger charge is -2.34. The number of thioether (sulfide) groups is 1. The number of nitrogens with zero attached hydrogens (tertiary/aromatic N) is 1. The van der Waals surface area contributed by atoms with Crippen molar-refractivity contribution in [1.29, 1.82) is 0 Å². The van der Waals surface area contributed by atoms with Gasteiger partial charge in [0.15, 0.2) is 0 Å². The van der Waals surface area contributed by atoms with Gasteiger partial charge in [0.25, 0.3) is 0 Å². The number of carboxylic acid groups (broad SMARTS) is 1. The number of allylic oxidation sites excluding steroid dienone is 2. The maximum atomic E-state index is 12.9. The van der Waals surface area contributed by atoms with Crippen LogP contribution in [-0.4, -0.2) is 33.1 Å². The average molecular weight is 611 g/mol. The molecule has 1 aliphatic rings. The van der Waals surface area contributed by atoms with Crippen molar-refractivity contribution in [3.05, 3.63) is 81.7 Å². The molecule has 0 bridgehead atoms. The molecule has 3 N–H and O–H groups in total. The van der Waals surface area contributed by atoms with Gasteiger partial charge in [0, 0.05) is 16.3 Å². The molecule has 0 amide bonds. The molecule has 0 fully saturated rings. The molecule has 2 atom stereocenters. The van der Waals surface area contributed by atoms with E-state index in [0.717, 1.165) is 17.5 Å². The lowest BCUT2D eigenvalue weighted by Crippen LogP contribution is -2.35. The number of alkyl halides is 3. The Hall–Kier alpha value is -2.23. The van der Waals surface area contributed by atoms with Gasteiger partial charge < -0.3 is 15.7 Å². The van der Waals surface area contributed by atoms with E-state index < -0.39 is 17.7 Å². The van der Waals surface area contributed by atoms with E-state index in [4.69, 9.17) is 5.73 Å². The van der Waals surface area contributed by atoms with Crippen LogP contribution in [0.2, 0.25) is 0 Å². The number of hydrogen-bond acceptors (Lipinski definition) is 5. The molecule has 2 heterocycles. The standard InChI is InChI=1S/C22H22F3NO2S2.C10H23N/c1-15(9-10-16-5-2-6-17(13-16)22(23,24)25)30-20-19(21(27)28)8-3-11-26(20)14-18-7-4-12-29-18;1-2-3-4-5-6-7-8-9-10-11/h2-8,11-13,15,20H,9-10,14H2,1H3,(H,27,28);2-11H2,1H3. The maximum absolute atomic E-state index is 12.9. The van der Waals surface area contributed by atoms with Crippen LogP contribution in [0, 0.1) is 0 Å². The highest BCUT2D eigenvalue weighted by molar-refractivity contribution is 8.00. The SMILES string of the molecule is CC(CCc1cccc(C(F)(F)F)c1)SC1C(C(=O)O)=CC=CN1Cc1cccs1.CCCCCCCCCCN. The first-order chi connectivity index (χ1) is 19.7. The number of rotatable bonds is 16. The van der Waals surface area contributed by atoms with E-state index in [0.29, 0.717) is 30.5 Å². The summed E-state index contributed by atoms with van der Waals surface area (Å²) in [5, 5.41) is 11.3. The predicted octanol–water partition coefficient (Wildman–Crippen LogP) is 9.27. The number of aryl methyl sites for hydroxylation is 1. The molecule has 3 rings (SSSR count). The highest BCUT2D eigenvalue weighted by Gasteiger charge is 2.31. The second-order valence-corrected chi connectivity index (χ2v) is 12.9. The van der Waals surface area contributed by atoms with Crippen LogP contribution in [0.15, 0.2) is 65.7 Å². The Labute approximate surface area is 251 Å². The molecule has 9 heteroatoms. The summed E-state index contributed by atoms with van der Waals surface area (Å²) in [6.07, 6.45) is 13.0. The summed E-state index contributed by atoms with van der Waals surface area (Å²) in [6, 6.07) is 9.35. The number of unbranched alkanes of at least 4 members (excludes halogenated alkanes) is 7. The monoisotopic (exact) mass is 610 g/mol. The topological polar surface area (TPSA) is 66.6 Å². The normalized spacial score (nSPS) is 15.7. The fourth-order valence-corrected chi connectivity index (χ4v) is 6.52. The molecule has 2 unspecified atom stereocenters. The summed E-state index contributed by atoms with van der Waals surface area (Å²) in [5.41, 5.74) is 5.69. The molecule has 2 aromatic rings. The number of benzene rings is 1. The molecular weight excluding hydrogens is 565 g/mol. The van der Waals surface area contributed by atoms with E-state index >= 15 is 0 Å². The molecule has 0 radical (unpaired) electrons. The summed E-state index contributed by atoms with van der Waals surface area (Å²) in [7, 11) is 0. The Morgan fingerprint density at radius 3 is 2.41 bits per heavy atom. The van der Waals surface area contributed by atoms with Gasteiger partial charge >= 0.3 is 12.1 Å². The van der Waals surface area contributed by atoms with Crippen LogP contribution in [0.5, 0.6) is 0 Å². The summed E-state index contributed by atoms with van der Waals surface area (Å²) >= 11 is 3.14. The molecule has 1 aromatic heterocycles. The minimum absolute atomic E-state index is 0.0598. The van der Waals surface area contributed by atoms with E-state index in [1.54, 1.807) is 29.6 Å². The highest BCUT2D eigenvalue weighted by Crippen LogP contribution is 2.34. The lowest BCUT2D eigenvalue weighted by molar-refractivity contribution is -0.137. The Morgan fingerprint density at radius 1 is 1.10 bits per heavy atom. The van der Waals surface area contributed by atoms with Gasteiger partial charge in [-0.3, -0.25) is 0 Å². The molecule has 41 heavy (non-hydrogen) atoms. The van der Waals surface area contributed by atoms with Crippen molar-refractivity contribution < 1.29 is 23.1 Å². The van der Waals surface area contributed by atoms with Crippen LogP contribution >= 0.6 is 23.1 Å². The Balaban J connectivity index is 0.000000454. The number of hydrogen-bond donors (Lipinski definition) is 2. The number of nitrogens with two attached hydrogens (primary N) is 1. The average Bonchev–Trinajstić information content (AvgIpc) is 3.45. The van der Waals surface area contributed by atoms with Crippen LogP contribution in [0.25, 0.3) is 0 Å². The van der Waals surface area contributed by atoms with Gasteiger partial charge in [-0.15, -0.1) is 23.1 Å².